The number of carbonyl (C=O) groups is 2. The summed E-state index contributed by atoms with van der Waals surface area (Å²) in [6, 6.07) is 24.7. The minimum Gasteiger partial charge on any atom is -0.338 e. The summed E-state index contributed by atoms with van der Waals surface area (Å²) in [7, 11) is 0. The Kier molecular flexibility index (Phi) is 5.81. The molecule has 0 radical (unpaired) electrons. The maximum absolute atomic E-state index is 13.5. The lowest BCUT2D eigenvalue weighted by Crippen LogP contribution is -2.36. The Bertz CT molecular complexity index is 1950. The van der Waals surface area contributed by atoms with E-state index in [2.05, 4.69) is 29.9 Å². The van der Waals surface area contributed by atoms with Crippen LogP contribution in [0.3, 0.4) is 0 Å². The summed E-state index contributed by atoms with van der Waals surface area (Å²) in [5.41, 5.74) is 5.77. The molecule has 2 saturated heterocycles. The molecule has 6 aromatic rings. The molecule has 6 heterocycles. The first-order valence-electron chi connectivity index (χ1n) is 14.5. The number of likely N-dealkylation sites (tertiary alicyclic amines) is 2. The van der Waals surface area contributed by atoms with Crippen molar-refractivity contribution < 1.29 is 9.59 Å². The molecule has 1 atom stereocenters. The SMILES string of the molecule is O=C(c1ccc(-c2nc3ccccc3[nH]2)nc1)N1CCC2(CCN(C(=O)c3cccc(-c4nc5ccccc5[nH]4)n3)C2)C1. The van der Waals surface area contributed by atoms with E-state index in [1.807, 2.05) is 82.6 Å². The first-order chi connectivity index (χ1) is 21.0. The maximum atomic E-state index is 13.5. The highest BCUT2D eigenvalue weighted by Crippen LogP contribution is 2.40. The van der Waals surface area contributed by atoms with Gasteiger partial charge in [0, 0.05) is 37.8 Å². The number of hydrogen-bond donors (Lipinski definition) is 2. The Morgan fingerprint density at radius 1 is 0.651 bits per heavy atom. The number of hydrogen-bond acceptors (Lipinski definition) is 6. The van der Waals surface area contributed by atoms with E-state index in [0.29, 0.717) is 60.5 Å². The lowest BCUT2D eigenvalue weighted by atomic mass is 9.86. The molecule has 2 N–H and O–H groups in total. The number of para-hydroxylation sites is 4. The van der Waals surface area contributed by atoms with Gasteiger partial charge in [-0.05, 0) is 61.4 Å². The van der Waals surface area contributed by atoms with Gasteiger partial charge in [0.25, 0.3) is 11.8 Å². The molecule has 2 aliphatic heterocycles. The van der Waals surface area contributed by atoms with Crippen LogP contribution in [-0.2, 0) is 0 Å². The fourth-order valence-corrected chi connectivity index (χ4v) is 6.39. The predicted molar refractivity (Wildman–Crippen MR) is 162 cm³/mol. The number of benzene rings is 2. The zero-order chi connectivity index (χ0) is 29.0. The summed E-state index contributed by atoms with van der Waals surface area (Å²) in [5.74, 6) is 1.18. The number of amides is 2. The molecule has 10 heteroatoms. The molecule has 8 rings (SSSR count). The molecular weight excluding hydrogens is 540 g/mol. The summed E-state index contributed by atoms with van der Waals surface area (Å²) >= 11 is 0. The number of pyridine rings is 2. The molecule has 1 unspecified atom stereocenters. The van der Waals surface area contributed by atoms with E-state index in [-0.39, 0.29) is 17.2 Å². The van der Waals surface area contributed by atoms with Crippen molar-refractivity contribution in [3.05, 3.63) is 96.3 Å². The van der Waals surface area contributed by atoms with Crippen molar-refractivity contribution in [2.75, 3.05) is 26.2 Å². The van der Waals surface area contributed by atoms with E-state index >= 15 is 0 Å². The number of H-pyrrole nitrogens is 2. The van der Waals surface area contributed by atoms with Crippen LogP contribution >= 0.6 is 0 Å². The summed E-state index contributed by atoms with van der Waals surface area (Å²) in [5, 5.41) is 0. The Labute approximate surface area is 246 Å². The van der Waals surface area contributed by atoms with Gasteiger partial charge < -0.3 is 19.8 Å². The van der Waals surface area contributed by atoms with Gasteiger partial charge in [-0.3, -0.25) is 14.6 Å². The Morgan fingerprint density at radius 3 is 1.91 bits per heavy atom. The molecule has 2 aliphatic rings. The van der Waals surface area contributed by atoms with Crippen LogP contribution in [-0.4, -0.2) is 77.7 Å². The van der Waals surface area contributed by atoms with Gasteiger partial charge in [0.1, 0.15) is 17.1 Å². The number of aromatic amines is 2. The first kappa shape index (κ1) is 25.3. The van der Waals surface area contributed by atoms with E-state index in [4.69, 9.17) is 0 Å². The number of imidazole rings is 2. The van der Waals surface area contributed by atoms with Crippen LogP contribution in [0.25, 0.3) is 45.1 Å². The van der Waals surface area contributed by atoms with Crippen molar-refractivity contribution >= 4 is 33.9 Å². The molecule has 43 heavy (non-hydrogen) atoms. The van der Waals surface area contributed by atoms with Crippen molar-refractivity contribution in [1.82, 2.24) is 39.7 Å². The second-order valence-corrected chi connectivity index (χ2v) is 11.5. The van der Waals surface area contributed by atoms with Gasteiger partial charge in [-0.2, -0.15) is 0 Å². The summed E-state index contributed by atoms with van der Waals surface area (Å²) in [6.07, 6.45) is 3.34. The molecule has 2 aromatic carbocycles. The van der Waals surface area contributed by atoms with Gasteiger partial charge in [0.2, 0.25) is 0 Å². The average Bonchev–Trinajstić information content (AvgIpc) is 3.86. The summed E-state index contributed by atoms with van der Waals surface area (Å²) < 4.78 is 0. The highest BCUT2D eigenvalue weighted by Gasteiger charge is 2.46. The number of aromatic nitrogens is 6. The molecular formula is C33H28N8O2. The first-order valence-corrected chi connectivity index (χ1v) is 14.5. The quantitative estimate of drug-likeness (QED) is 0.310. The standard InChI is InChI=1S/C33H28N8O2/c42-31(21-12-13-26(34-18-21)29-36-22-6-1-2-7-23(22)37-29)40-16-14-33(19-40)15-17-41(20-33)32(43)28-11-5-10-27(35-28)30-38-24-8-3-4-9-25(24)39-30/h1-13,18H,14-17,19-20H2,(H,36,37)(H,38,39). The van der Waals surface area contributed by atoms with Gasteiger partial charge in [-0.25, -0.2) is 15.0 Å². The third-order valence-electron chi connectivity index (χ3n) is 8.69. The Morgan fingerprint density at radius 2 is 1.28 bits per heavy atom. The fourth-order valence-electron chi connectivity index (χ4n) is 6.39. The zero-order valence-corrected chi connectivity index (χ0v) is 23.3. The molecule has 0 bridgehead atoms. The van der Waals surface area contributed by atoms with Crippen molar-refractivity contribution in [2.24, 2.45) is 5.41 Å². The molecule has 4 aromatic heterocycles. The van der Waals surface area contributed by atoms with Crippen molar-refractivity contribution in [2.45, 2.75) is 12.8 Å². The van der Waals surface area contributed by atoms with E-state index < -0.39 is 0 Å². The largest absolute Gasteiger partial charge is 0.338 e. The molecule has 0 aliphatic carbocycles. The summed E-state index contributed by atoms with van der Waals surface area (Å²) in [6.45, 7) is 2.53. The fraction of sp³-hybridized carbons (Fsp3) is 0.212. The molecule has 10 nitrogen and oxygen atoms in total. The maximum Gasteiger partial charge on any atom is 0.272 e. The van der Waals surface area contributed by atoms with Crippen LogP contribution in [0.5, 0.6) is 0 Å². The lowest BCUT2D eigenvalue weighted by molar-refractivity contribution is 0.0752. The lowest BCUT2D eigenvalue weighted by Gasteiger charge is -2.24. The number of carbonyl (C=O) groups excluding carboxylic acids is 2. The molecule has 0 saturated carbocycles. The topological polar surface area (TPSA) is 124 Å². The smallest absolute Gasteiger partial charge is 0.272 e. The van der Waals surface area contributed by atoms with E-state index in [0.717, 1.165) is 34.9 Å². The zero-order valence-electron chi connectivity index (χ0n) is 23.3. The highest BCUT2D eigenvalue weighted by molar-refractivity contribution is 5.95. The minimum atomic E-state index is -0.108. The van der Waals surface area contributed by atoms with Gasteiger partial charge >= 0.3 is 0 Å². The second kappa shape index (κ2) is 9.87. The van der Waals surface area contributed by atoms with Gasteiger partial charge in [-0.1, -0.05) is 30.3 Å². The minimum absolute atomic E-state index is 0.0366. The monoisotopic (exact) mass is 568 g/mol. The van der Waals surface area contributed by atoms with Gasteiger partial charge in [-0.15, -0.1) is 0 Å². The Hall–Kier alpha value is -5.38. The molecule has 2 fully saturated rings. The highest BCUT2D eigenvalue weighted by atomic mass is 16.2. The third kappa shape index (κ3) is 4.51. The van der Waals surface area contributed by atoms with Crippen molar-refractivity contribution in [1.29, 1.82) is 0 Å². The number of nitrogens with zero attached hydrogens (tertiary/aromatic N) is 6. The van der Waals surface area contributed by atoms with Crippen LogP contribution in [0, 0.1) is 5.41 Å². The third-order valence-corrected chi connectivity index (χ3v) is 8.69. The number of rotatable bonds is 4. The van der Waals surface area contributed by atoms with Gasteiger partial charge in [0.05, 0.1) is 27.6 Å². The van der Waals surface area contributed by atoms with Crippen LogP contribution in [0.1, 0.15) is 33.7 Å². The van der Waals surface area contributed by atoms with Crippen LogP contribution in [0.15, 0.2) is 85.1 Å². The van der Waals surface area contributed by atoms with E-state index in [1.54, 1.807) is 12.3 Å². The predicted octanol–water partition coefficient (Wildman–Crippen LogP) is 4.94. The van der Waals surface area contributed by atoms with E-state index in [1.165, 1.54) is 0 Å². The van der Waals surface area contributed by atoms with Crippen LogP contribution in [0.4, 0.5) is 0 Å². The van der Waals surface area contributed by atoms with Gasteiger partial charge in [0.15, 0.2) is 11.6 Å². The number of fused-ring (bicyclic) bond motifs is 2. The van der Waals surface area contributed by atoms with Crippen LogP contribution < -0.4 is 0 Å². The average molecular weight is 569 g/mol. The second-order valence-electron chi connectivity index (χ2n) is 11.5. The summed E-state index contributed by atoms with van der Waals surface area (Å²) in [4.78, 5) is 55.7. The van der Waals surface area contributed by atoms with E-state index in [9.17, 15) is 9.59 Å². The molecule has 212 valence electrons. The molecule has 2 amide bonds. The normalized spacial score (nSPS) is 18.3. The molecule has 1 spiro atoms. The number of nitrogens with one attached hydrogen (secondary N) is 2. The van der Waals surface area contributed by atoms with Crippen molar-refractivity contribution in [3.8, 4) is 23.0 Å². The Balaban J connectivity index is 0.938. The van der Waals surface area contributed by atoms with Crippen LogP contribution in [0.2, 0.25) is 0 Å². The van der Waals surface area contributed by atoms with Crippen molar-refractivity contribution in [3.63, 3.8) is 0 Å².